The molecule has 2 unspecified atom stereocenters. The number of aliphatic hydroxyl groups is 2. The summed E-state index contributed by atoms with van der Waals surface area (Å²) in [5.41, 5.74) is 0.776. The smallest absolute Gasteiger partial charge is 0.212 e. The van der Waals surface area contributed by atoms with Gasteiger partial charge in [-0.1, -0.05) is 18.2 Å². The summed E-state index contributed by atoms with van der Waals surface area (Å²) in [5.74, 6) is -2.76. The Bertz CT molecular complexity index is 703. The second-order valence-electron chi connectivity index (χ2n) is 5.22. The quantitative estimate of drug-likeness (QED) is 0.614. The Labute approximate surface area is 140 Å². The maximum Gasteiger partial charge on any atom is 0.212 e. The lowest BCUT2D eigenvalue weighted by atomic mass is 9.91. The van der Waals surface area contributed by atoms with Crippen molar-refractivity contribution in [3.05, 3.63) is 59.6 Å². The molecule has 0 saturated heterocycles. The molecule has 2 atom stereocenters. The zero-order valence-electron chi connectivity index (χ0n) is 13.7. The number of benzene rings is 1. The minimum atomic E-state index is -1.80. The number of carbonyl (C=O) groups is 1. The Morgan fingerprint density at radius 2 is 1.96 bits per heavy atom. The van der Waals surface area contributed by atoms with Crippen LogP contribution in [0.15, 0.2) is 54.0 Å². The highest BCUT2D eigenvalue weighted by Crippen LogP contribution is 2.31. The predicted octanol–water partition coefficient (Wildman–Crippen LogP) is 2.21. The molecule has 0 radical (unpaired) electrons. The Hall–Kier alpha value is -2.57. The summed E-state index contributed by atoms with van der Waals surface area (Å²) in [5, 5.41) is 20.2. The van der Waals surface area contributed by atoms with Gasteiger partial charge in [0, 0.05) is 19.3 Å². The highest BCUT2D eigenvalue weighted by molar-refractivity contribution is 5.98. The Morgan fingerprint density at radius 1 is 1.21 bits per heavy atom. The van der Waals surface area contributed by atoms with Crippen molar-refractivity contribution in [2.24, 2.45) is 5.92 Å². The molecule has 2 rings (SSSR count). The van der Waals surface area contributed by atoms with Crippen molar-refractivity contribution in [2.45, 2.75) is 5.79 Å². The van der Waals surface area contributed by atoms with Crippen LogP contribution < -0.4 is 4.74 Å². The summed E-state index contributed by atoms with van der Waals surface area (Å²) < 4.78 is 15.1. The van der Waals surface area contributed by atoms with Crippen LogP contribution in [0.25, 0.3) is 6.08 Å². The second-order valence-corrected chi connectivity index (χ2v) is 5.22. The topological polar surface area (TPSA) is 85.2 Å². The van der Waals surface area contributed by atoms with E-state index in [4.69, 9.17) is 14.2 Å². The van der Waals surface area contributed by atoms with E-state index in [-0.39, 0.29) is 11.5 Å². The predicted molar refractivity (Wildman–Crippen MR) is 88.3 cm³/mol. The van der Waals surface area contributed by atoms with Crippen LogP contribution in [0.5, 0.6) is 5.75 Å². The molecule has 1 aromatic rings. The highest BCUT2D eigenvalue weighted by atomic mass is 16.6. The van der Waals surface area contributed by atoms with Crippen LogP contribution in [0.3, 0.4) is 0 Å². The molecular weight excluding hydrogens is 312 g/mol. The van der Waals surface area contributed by atoms with Gasteiger partial charge in [-0.15, -0.1) is 0 Å². The molecule has 1 aliphatic rings. The zero-order valence-corrected chi connectivity index (χ0v) is 13.7. The summed E-state index contributed by atoms with van der Waals surface area (Å²) in [6, 6.07) is 7.20. The first-order valence-electron chi connectivity index (χ1n) is 7.24. The van der Waals surface area contributed by atoms with E-state index in [9.17, 15) is 15.0 Å². The Morgan fingerprint density at radius 3 is 2.58 bits per heavy atom. The fourth-order valence-corrected chi connectivity index (χ4v) is 2.37. The molecule has 1 aromatic carbocycles. The van der Waals surface area contributed by atoms with Crippen LogP contribution in [0.4, 0.5) is 0 Å². The van der Waals surface area contributed by atoms with Gasteiger partial charge in [-0.2, -0.15) is 0 Å². The first-order valence-corrected chi connectivity index (χ1v) is 7.24. The van der Waals surface area contributed by atoms with Gasteiger partial charge in [0.05, 0.1) is 14.2 Å². The van der Waals surface area contributed by atoms with E-state index < -0.39 is 17.5 Å². The normalized spacial score (nSPS) is 23.6. The molecule has 0 spiro atoms. The van der Waals surface area contributed by atoms with E-state index in [1.807, 2.05) is 6.07 Å². The molecule has 1 aliphatic carbocycles. The second kappa shape index (κ2) is 7.33. The Kier molecular flexibility index (Phi) is 5.43. The number of hydrogen-bond acceptors (Lipinski definition) is 6. The lowest BCUT2D eigenvalue weighted by Crippen LogP contribution is -2.34. The molecule has 6 nitrogen and oxygen atoms in total. The first-order chi connectivity index (χ1) is 11.4. The molecule has 6 heteroatoms. The number of methoxy groups -OCH3 is 3. The Balaban J connectivity index is 2.23. The molecule has 0 amide bonds. The molecule has 0 aliphatic heterocycles. The van der Waals surface area contributed by atoms with Gasteiger partial charge in [-0.05, 0) is 23.8 Å². The number of ketones is 1. The van der Waals surface area contributed by atoms with Gasteiger partial charge in [-0.25, -0.2) is 0 Å². The van der Waals surface area contributed by atoms with E-state index in [1.54, 1.807) is 31.4 Å². The molecule has 0 saturated carbocycles. The van der Waals surface area contributed by atoms with Gasteiger partial charge in [0.1, 0.15) is 23.2 Å². The molecule has 0 heterocycles. The number of hydrogen-bond donors (Lipinski definition) is 2. The molecule has 0 fully saturated rings. The monoisotopic (exact) mass is 332 g/mol. The molecule has 0 aromatic heterocycles. The van der Waals surface area contributed by atoms with E-state index in [0.29, 0.717) is 5.75 Å². The maximum absolute atomic E-state index is 12.4. The van der Waals surface area contributed by atoms with Crippen molar-refractivity contribution < 1.29 is 29.2 Å². The fraction of sp³-hybridized carbons (Fsp3) is 0.278. The molecule has 128 valence electrons. The minimum Gasteiger partial charge on any atom is -0.511 e. The van der Waals surface area contributed by atoms with E-state index in [1.165, 1.54) is 26.4 Å². The highest BCUT2D eigenvalue weighted by Gasteiger charge is 2.37. The molecule has 24 heavy (non-hydrogen) atoms. The average molecular weight is 332 g/mol. The van der Waals surface area contributed by atoms with Crippen molar-refractivity contribution in [1.29, 1.82) is 0 Å². The molecule has 2 N–H and O–H groups in total. The van der Waals surface area contributed by atoms with Gasteiger partial charge in [0.25, 0.3) is 0 Å². The van der Waals surface area contributed by atoms with Gasteiger partial charge in [0.15, 0.2) is 5.78 Å². The third kappa shape index (κ3) is 3.84. The van der Waals surface area contributed by atoms with Crippen molar-refractivity contribution in [3.8, 4) is 5.75 Å². The van der Waals surface area contributed by atoms with Crippen LogP contribution in [-0.2, 0) is 14.3 Å². The number of carbonyl (C=O) groups excluding carboxylic acids is 1. The summed E-state index contributed by atoms with van der Waals surface area (Å²) in [6.45, 7) is 0. The zero-order chi connectivity index (χ0) is 17.7. The number of ether oxygens (including phenoxy) is 3. The summed E-state index contributed by atoms with van der Waals surface area (Å²) in [7, 11) is 4.19. The van der Waals surface area contributed by atoms with Crippen molar-refractivity contribution in [3.63, 3.8) is 0 Å². The lowest BCUT2D eigenvalue weighted by Gasteiger charge is -2.28. The third-order valence-electron chi connectivity index (χ3n) is 3.67. The summed E-state index contributed by atoms with van der Waals surface area (Å²) in [4.78, 5) is 12.4. The number of allylic oxidation sites excluding steroid dienone is 1. The summed E-state index contributed by atoms with van der Waals surface area (Å²) in [6.07, 6.45) is 5.27. The molecule has 0 bridgehead atoms. The summed E-state index contributed by atoms with van der Waals surface area (Å²) >= 11 is 0. The minimum absolute atomic E-state index is 0.111. The van der Waals surface area contributed by atoms with Crippen molar-refractivity contribution in [2.75, 3.05) is 21.3 Å². The largest absolute Gasteiger partial charge is 0.511 e. The average Bonchev–Trinajstić information content (AvgIpc) is 2.59. The van der Waals surface area contributed by atoms with Crippen molar-refractivity contribution >= 4 is 11.9 Å². The van der Waals surface area contributed by atoms with Crippen LogP contribution in [-0.4, -0.2) is 43.1 Å². The standard InChI is InChI=1S/C18H20O6/c1-22-13-6-4-5-12(9-13)7-8-14(19)17-15(20)10-18(21,24-3)11-16(17)23-2/h4-11,17,20-21H,1-3H3/b8-7+. The SMILES string of the molecule is COC1=CC(O)(OC)C=C(O)C1C(=O)/C=C/c1cccc(OC)c1. The molecular formula is C18H20O6. The number of rotatable bonds is 6. The van der Waals surface area contributed by atoms with Crippen LogP contribution in [0.1, 0.15) is 5.56 Å². The lowest BCUT2D eigenvalue weighted by molar-refractivity contribution is -0.122. The van der Waals surface area contributed by atoms with Gasteiger partial charge < -0.3 is 24.4 Å². The van der Waals surface area contributed by atoms with Crippen LogP contribution >= 0.6 is 0 Å². The first kappa shape index (κ1) is 17.8. The van der Waals surface area contributed by atoms with E-state index >= 15 is 0 Å². The van der Waals surface area contributed by atoms with Gasteiger partial charge in [-0.3, -0.25) is 4.79 Å². The number of aliphatic hydroxyl groups excluding tert-OH is 1. The fourth-order valence-electron chi connectivity index (χ4n) is 2.37. The van der Waals surface area contributed by atoms with Crippen LogP contribution in [0.2, 0.25) is 0 Å². The van der Waals surface area contributed by atoms with Gasteiger partial charge >= 0.3 is 0 Å². The van der Waals surface area contributed by atoms with Crippen LogP contribution in [0, 0.1) is 5.92 Å². The van der Waals surface area contributed by atoms with Crippen molar-refractivity contribution in [1.82, 2.24) is 0 Å². The van der Waals surface area contributed by atoms with Gasteiger partial charge in [0.2, 0.25) is 5.79 Å². The maximum atomic E-state index is 12.4. The third-order valence-corrected chi connectivity index (χ3v) is 3.67. The van der Waals surface area contributed by atoms with E-state index in [2.05, 4.69) is 0 Å². The van der Waals surface area contributed by atoms with E-state index in [0.717, 1.165) is 11.6 Å².